The van der Waals surface area contributed by atoms with Crippen molar-refractivity contribution in [3.63, 3.8) is 0 Å². The first-order valence-corrected chi connectivity index (χ1v) is 11.2. The summed E-state index contributed by atoms with van der Waals surface area (Å²) in [6, 6.07) is 5.62. The molecule has 0 saturated heterocycles. The predicted molar refractivity (Wildman–Crippen MR) is 113 cm³/mol. The first kappa shape index (κ1) is 27.4. The highest BCUT2D eigenvalue weighted by Gasteiger charge is 2.09. The van der Waals surface area contributed by atoms with Gasteiger partial charge in [-0.3, -0.25) is 20.4 Å². The average Bonchev–Trinajstić information content (AvgIpc) is 2.70. The second-order valence-electron chi connectivity index (χ2n) is 7.64. The van der Waals surface area contributed by atoms with Crippen LogP contribution in [0.4, 0.5) is 0 Å². The molecule has 0 spiro atoms. The fourth-order valence-electron chi connectivity index (χ4n) is 3.25. The Bertz CT molecular complexity index is 526. The van der Waals surface area contributed by atoms with Gasteiger partial charge in [-0.25, -0.2) is 0 Å². The molecule has 29 heavy (non-hydrogen) atoms. The first-order valence-electron chi connectivity index (χ1n) is 11.2. The molecule has 0 atom stereocenters. The van der Waals surface area contributed by atoms with Crippen LogP contribution < -0.4 is 27.8 Å². The summed E-state index contributed by atoms with van der Waals surface area (Å²) >= 11 is 0. The summed E-state index contributed by atoms with van der Waals surface area (Å²) in [6.45, 7) is 2.45. The maximum absolute atomic E-state index is 11.8. The van der Waals surface area contributed by atoms with Crippen LogP contribution in [0.25, 0.3) is 0 Å². The van der Waals surface area contributed by atoms with Crippen LogP contribution in [0.3, 0.4) is 0 Å². The van der Waals surface area contributed by atoms with Crippen molar-refractivity contribution in [3.8, 4) is 0 Å². The van der Waals surface area contributed by atoms with Gasteiger partial charge < -0.3 is 12.4 Å². The minimum atomic E-state index is -0.227. The molecular formula is C23H40ClN3O2. The highest BCUT2D eigenvalue weighted by Crippen LogP contribution is 2.12. The largest absolute Gasteiger partial charge is 1.00 e. The Labute approximate surface area is 183 Å². The highest BCUT2D eigenvalue weighted by molar-refractivity contribution is 5.81. The SMILES string of the molecule is CCCCCCCCCCCCCCCC(=O)NNC(=O)C[n+]1ccccc1.[Cl-]. The molecule has 1 heterocycles. The minimum Gasteiger partial charge on any atom is -1.00 e. The van der Waals surface area contributed by atoms with E-state index < -0.39 is 0 Å². The zero-order valence-electron chi connectivity index (χ0n) is 18.1. The van der Waals surface area contributed by atoms with Gasteiger partial charge in [0.2, 0.25) is 12.5 Å². The molecule has 2 N–H and O–H groups in total. The van der Waals surface area contributed by atoms with Gasteiger partial charge >= 0.3 is 5.91 Å². The van der Waals surface area contributed by atoms with E-state index in [2.05, 4.69) is 17.8 Å². The number of amides is 2. The quantitative estimate of drug-likeness (QED) is 0.240. The lowest BCUT2D eigenvalue weighted by molar-refractivity contribution is -0.684. The number of nitrogens with one attached hydrogen (secondary N) is 2. The maximum Gasteiger partial charge on any atom is 0.304 e. The number of unbranched alkanes of at least 4 members (excludes halogenated alkanes) is 12. The Morgan fingerprint density at radius 2 is 1.10 bits per heavy atom. The number of carbonyl (C=O) groups is 2. The van der Waals surface area contributed by atoms with Gasteiger partial charge in [0, 0.05) is 18.6 Å². The van der Waals surface area contributed by atoms with E-state index in [1.165, 1.54) is 70.6 Å². The molecule has 0 aliphatic heterocycles. The normalized spacial score (nSPS) is 10.2. The molecule has 5 nitrogen and oxygen atoms in total. The van der Waals surface area contributed by atoms with E-state index in [4.69, 9.17) is 0 Å². The van der Waals surface area contributed by atoms with Crippen LogP contribution in [-0.2, 0) is 16.1 Å². The van der Waals surface area contributed by atoms with Crippen LogP contribution >= 0.6 is 0 Å². The smallest absolute Gasteiger partial charge is 0.304 e. The van der Waals surface area contributed by atoms with Crippen molar-refractivity contribution in [2.24, 2.45) is 0 Å². The van der Waals surface area contributed by atoms with Crippen LogP contribution in [-0.4, -0.2) is 11.8 Å². The molecule has 6 heteroatoms. The van der Waals surface area contributed by atoms with Gasteiger partial charge in [-0.05, 0) is 6.42 Å². The summed E-state index contributed by atoms with van der Waals surface area (Å²) in [5.74, 6) is -0.343. The molecule has 0 aliphatic carbocycles. The van der Waals surface area contributed by atoms with Crippen molar-refractivity contribution in [2.75, 3.05) is 0 Å². The molecule has 2 amide bonds. The number of hydrazine groups is 1. The minimum absolute atomic E-state index is 0. The van der Waals surface area contributed by atoms with E-state index >= 15 is 0 Å². The standard InChI is InChI=1S/C23H39N3O2.ClH/c1-2-3-4-5-6-7-8-9-10-11-12-13-15-18-22(27)24-25-23(28)21-26-19-16-14-17-20-26;/h14,16-17,19-20H,2-13,15,18,21H2,1H3,(H-,24,25,27,28);1H. The summed E-state index contributed by atoms with van der Waals surface area (Å²) in [5.41, 5.74) is 4.96. The van der Waals surface area contributed by atoms with Crippen LogP contribution in [0.1, 0.15) is 96.8 Å². The Hall–Kier alpha value is -1.62. The van der Waals surface area contributed by atoms with Crippen molar-refractivity contribution >= 4 is 11.8 Å². The van der Waals surface area contributed by atoms with Gasteiger partial charge in [-0.2, -0.15) is 4.57 Å². The highest BCUT2D eigenvalue weighted by atomic mass is 35.5. The molecular weight excluding hydrogens is 386 g/mol. The molecule has 1 aromatic rings. The van der Waals surface area contributed by atoms with E-state index in [0.717, 1.165) is 12.8 Å². The fraction of sp³-hybridized carbons (Fsp3) is 0.696. The molecule has 1 rings (SSSR count). The second-order valence-corrected chi connectivity index (χ2v) is 7.64. The molecule has 0 fully saturated rings. The number of aromatic nitrogens is 1. The van der Waals surface area contributed by atoms with Crippen LogP contribution in [0.15, 0.2) is 30.6 Å². The van der Waals surface area contributed by atoms with Gasteiger partial charge in [0.25, 0.3) is 0 Å². The number of carbonyl (C=O) groups excluding carboxylic acids is 2. The number of rotatable bonds is 16. The third kappa shape index (κ3) is 17.0. The van der Waals surface area contributed by atoms with Gasteiger partial charge in [-0.15, -0.1) is 0 Å². The van der Waals surface area contributed by atoms with E-state index in [1.54, 1.807) is 4.57 Å². The second kappa shape index (κ2) is 19.7. The number of hydrogen-bond donors (Lipinski definition) is 2. The summed E-state index contributed by atoms with van der Waals surface area (Å²) in [4.78, 5) is 23.5. The number of nitrogens with zero attached hydrogens (tertiary/aromatic N) is 1. The van der Waals surface area contributed by atoms with E-state index in [0.29, 0.717) is 6.42 Å². The predicted octanol–water partition coefficient (Wildman–Crippen LogP) is 1.61. The third-order valence-corrected chi connectivity index (χ3v) is 4.95. The number of pyridine rings is 1. The molecule has 0 radical (unpaired) electrons. The number of hydrogen-bond acceptors (Lipinski definition) is 2. The van der Waals surface area contributed by atoms with E-state index in [9.17, 15) is 9.59 Å². The first-order chi connectivity index (χ1) is 13.7. The summed E-state index contributed by atoms with van der Waals surface area (Å²) in [7, 11) is 0. The maximum atomic E-state index is 11.8. The van der Waals surface area contributed by atoms with Gasteiger partial charge in [0.15, 0.2) is 12.4 Å². The van der Waals surface area contributed by atoms with Crippen LogP contribution in [0.5, 0.6) is 0 Å². The van der Waals surface area contributed by atoms with Crippen molar-refractivity contribution in [3.05, 3.63) is 30.6 Å². The van der Waals surface area contributed by atoms with E-state index in [-0.39, 0.29) is 30.8 Å². The summed E-state index contributed by atoms with van der Waals surface area (Å²) in [5, 5.41) is 0. The van der Waals surface area contributed by atoms with Gasteiger partial charge in [0.05, 0.1) is 0 Å². The Morgan fingerprint density at radius 3 is 1.62 bits per heavy atom. The van der Waals surface area contributed by atoms with Crippen molar-refractivity contribution in [1.82, 2.24) is 10.9 Å². The van der Waals surface area contributed by atoms with Gasteiger partial charge in [-0.1, -0.05) is 90.0 Å². The fourth-order valence-corrected chi connectivity index (χ4v) is 3.25. The Morgan fingerprint density at radius 1 is 0.655 bits per heavy atom. The average molecular weight is 426 g/mol. The zero-order valence-corrected chi connectivity index (χ0v) is 18.9. The Balaban J connectivity index is 0.00000784. The molecule has 0 aliphatic rings. The summed E-state index contributed by atoms with van der Waals surface area (Å²) in [6.07, 6.45) is 20.9. The molecule has 0 unspecified atom stereocenters. The topological polar surface area (TPSA) is 62.1 Å². The monoisotopic (exact) mass is 425 g/mol. The van der Waals surface area contributed by atoms with Crippen molar-refractivity contribution in [2.45, 2.75) is 103 Å². The molecule has 166 valence electrons. The van der Waals surface area contributed by atoms with Crippen molar-refractivity contribution < 1.29 is 26.6 Å². The number of halogens is 1. The van der Waals surface area contributed by atoms with Crippen LogP contribution in [0, 0.1) is 0 Å². The summed E-state index contributed by atoms with van der Waals surface area (Å²) < 4.78 is 1.76. The van der Waals surface area contributed by atoms with Crippen LogP contribution in [0.2, 0.25) is 0 Å². The zero-order chi connectivity index (χ0) is 20.3. The molecule has 1 aromatic heterocycles. The van der Waals surface area contributed by atoms with Crippen molar-refractivity contribution in [1.29, 1.82) is 0 Å². The third-order valence-electron chi connectivity index (χ3n) is 4.95. The molecule has 0 saturated carbocycles. The Kier molecular flexibility index (Phi) is 18.6. The lowest BCUT2D eigenvalue weighted by Gasteiger charge is -2.06. The van der Waals surface area contributed by atoms with Gasteiger partial charge in [0.1, 0.15) is 0 Å². The van der Waals surface area contributed by atoms with E-state index in [1.807, 2.05) is 30.6 Å². The molecule has 0 aromatic carbocycles. The lowest BCUT2D eigenvalue weighted by atomic mass is 10.0. The molecule has 0 bridgehead atoms. The lowest BCUT2D eigenvalue weighted by Crippen LogP contribution is -3.00.